The number of nitrogens with one attached hydrogen (secondary N) is 1. The molecule has 0 saturated carbocycles. The molecule has 2 N–H and O–H groups in total. The van der Waals surface area contributed by atoms with Crippen LogP contribution in [0.4, 0.5) is 4.39 Å². The fourth-order valence-electron chi connectivity index (χ4n) is 2.72. The summed E-state index contributed by atoms with van der Waals surface area (Å²) < 4.78 is 14.2. The second-order valence-electron chi connectivity index (χ2n) is 5.59. The normalized spacial score (nSPS) is 20.5. The maximum atomic E-state index is 14.2. The predicted octanol–water partition coefficient (Wildman–Crippen LogP) is 2.91. The van der Waals surface area contributed by atoms with Crippen molar-refractivity contribution in [2.24, 2.45) is 5.92 Å². The summed E-state index contributed by atoms with van der Waals surface area (Å²) >= 11 is 0. The van der Waals surface area contributed by atoms with Gasteiger partial charge in [0.1, 0.15) is 5.82 Å². The molecule has 1 heterocycles. The molecule has 0 unspecified atom stereocenters. The zero-order chi connectivity index (χ0) is 15.4. The van der Waals surface area contributed by atoms with E-state index >= 15 is 0 Å². The Labute approximate surface area is 129 Å². The van der Waals surface area contributed by atoms with Gasteiger partial charge in [0.05, 0.1) is 0 Å². The van der Waals surface area contributed by atoms with Gasteiger partial charge in [-0.05, 0) is 35.7 Å². The van der Waals surface area contributed by atoms with Gasteiger partial charge in [0.15, 0.2) is 0 Å². The standard InChI is InChI=1S/C18H19FN2O/c19-18-10-15(14-5-7-20-8-6-14)2-3-16(18)11-21-17-4-1-13(9-17)12-22/h1-8,10,13,17,21-22H,9,11-12H2/t13-,17+/m0/s1. The monoisotopic (exact) mass is 298 g/mol. The van der Waals surface area contributed by atoms with Crippen LogP contribution in [0.25, 0.3) is 11.1 Å². The van der Waals surface area contributed by atoms with Crippen molar-refractivity contribution in [1.29, 1.82) is 0 Å². The van der Waals surface area contributed by atoms with Crippen LogP contribution in [0, 0.1) is 11.7 Å². The molecule has 1 aliphatic carbocycles. The number of aliphatic hydroxyl groups excluding tert-OH is 1. The van der Waals surface area contributed by atoms with E-state index in [9.17, 15) is 4.39 Å². The van der Waals surface area contributed by atoms with Gasteiger partial charge in [-0.15, -0.1) is 0 Å². The predicted molar refractivity (Wildman–Crippen MR) is 84.6 cm³/mol. The molecule has 3 rings (SSSR count). The van der Waals surface area contributed by atoms with Crippen LogP contribution in [-0.4, -0.2) is 22.7 Å². The molecule has 1 aromatic heterocycles. The molecule has 2 atom stereocenters. The van der Waals surface area contributed by atoms with E-state index < -0.39 is 0 Å². The van der Waals surface area contributed by atoms with Crippen molar-refractivity contribution < 1.29 is 9.50 Å². The van der Waals surface area contributed by atoms with Crippen LogP contribution < -0.4 is 5.32 Å². The van der Waals surface area contributed by atoms with E-state index in [0.29, 0.717) is 12.1 Å². The quantitative estimate of drug-likeness (QED) is 0.834. The highest BCUT2D eigenvalue weighted by Gasteiger charge is 2.17. The van der Waals surface area contributed by atoms with Crippen LogP contribution in [0.1, 0.15) is 12.0 Å². The van der Waals surface area contributed by atoms with E-state index in [1.165, 1.54) is 0 Å². The number of halogens is 1. The van der Waals surface area contributed by atoms with Crippen LogP contribution in [-0.2, 0) is 6.54 Å². The molecule has 22 heavy (non-hydrogen) atoms. The first-order chi connectivity index (χ1) is 10.8. The SMILES string of the molecule is OC[C@H]1C=C[C@@H](NCc2ccc(-c3ccncc3)cc2F)C1. The number of hydrogen-bond acceptors (Lipinski definition) is 3. The smallest absolute Gasteiger partial charge is 0.128 e. The lowest BCUT2D eigenvalue weighted by atomic mass is 10.0. The summed E-state index contributed by atoms with van der Waals surface area (Å²) in [5, 5.41) is 12.4. The minimum atomic E-state index is -0.206. The van der Waals surface area contributed by atoms with Crippen molar-refractivity contribution in [1.82, 2.24) is 10.3 Å². The second kappa shape index (κ2) is 6.81. The third-order valence-electron chi connectivity index (χ3n) is 4.03. The summed E-state index contributed by atoms with van der Waals surface area (Å²) in [5.41, 5.74) is 2.46. The Morgan fingerprint density at radius 1 is 1.14 bits per heavy atom. The first-order valence-electron chi connectivity index (χ1n) is 7.47. The van der Waals surface area contributed by atoms with Crippen LogP contribution in [0.2, 0.25) is 0 Å². The summed E-state index contributed by atoms with van der Waals surface area (Å²) in [6, 6.07) is 9.25. The molecule has 3 nitrogen and oxygen atoms in total. The molecule has 1 aromatic carbocycles. The summed E-state index contributed by atoms with van der Waals surface area (Å²) in [4.78, 5) is 3.97. The van der Waals surface area contributed by atoms with Gasteiger partial charge in [-0.1, -0.05) is 24.3 Å². The highest BCUT2D eigenvalue weighted by Crippen LogP contribution is 2.22. The molecule has 0 fully saturated rings. The van der Waals surface area contributed by atoms with Gasteiger partial charge in [0.25, 0.3) is 0 Å². The maximum Gasteiger partial charge on any atom is 0.128 e. The number of benzene rings is 1. The van der Waals surface area contributed by atoms with Crippen LogP contribution in [0.15, 0.2) is 54.9 Å². The van der Waals surface area contributed by atoms with Crippen molar-refractivity contribution in [3.05, 3.63) is 66.3 Å². The Hall–Kier alpha value is -2.04. The molecule has 0 bridgehead atoms. The minimum Gasteiger partial charge on any atom is -0.396 e. The highest BCUT2D eigenvalue weighted by molar-refractivity contribution is 5.63. The Kier molecular flexibility index (Phi) is 4.61. The fourth-order valence-corrected chi connectivity index (χ4v) is 2.72. The number of hydrogen-bond donors (Lipinski definition) is 2. The molecule has 0 aliphatic heterocycles. The molecule has 0 amide bonds. The van der Waals surface area contributed by atoms with Crippen molar-refractivity contribution in [2.45, 2.75) is 19.0 Å². The average Bonchev–Trinajstić information content (AvgIpc) is 3.02. The number of aromatic nitrogens is 1. The Morgan fingerprint density at radius 2 is 1.95 bits per heavy atom. The molecule has 114 valence electrons. The largest absolute Gasteiger partial charge is 0.396 e. The molecule has 4 heteroatoms. The van der Waals surface area contributed by atoms with E-state index in [-0.39, 0.29) is 24.4 Å². The van der Waals surface area contributed by atoms with Gasteiger partial charge in [-0.25, -0.2) is 4.39 Å². The van der Waals surface area contributed by atoms with Crippen molar-refractivity contribution in [3.8, 4) is 11.1 Å². The topological polar surface area (TPSA) is 45.1 Å². The Bertz CT molecular complexity index is 657. The molecule has 2 aromatic rings. The first kappa shape index (κ1) is 14.9. The van der Waals surface area contributed by atoms with Crippen molar-refractivity contribution >= 4 is 0 Å². The number of nitrogens with zero attached hydrogens (tertiary/aromatic N) is 1. The van der Waals surface area contributed by atoms with Gasteiger partial charge >= 0.3 is 0 Å². The summed E-state index contributed by atoms with van der Waals surface area (Å²) in [5.74, 6) is 0.0129. The highest BCUT2D eigenvalue weighted by atomic mass is 19.1. The van der Waals surface area contributed by atoms with Gasteiger partial charge in [-0.3, -0.25) is 4.98 Å². The van der Waals surface area contributed by atoms with E-state index in [2.05, 4.69) is 10.3 Å². The first-order valence-corrected chi connectivity index (χ1v) is 7.47. The van der Waals surface area contributed by atoms with Crippen molar-refractivity contribution in [3.63, 3.8) is 0 Å². The zero-order valence-corrected chi connectivity index (χ0v) is 12.2. The molecule has 0 saturated heterocycles. The summed E-state index contributed by atoms with van der Waals surface area (Å²) in [7, 11) is 0. The van der Waals surface area contributed by atoms with E-state index in [1.807, 2.05) is 36.4 Å². The summed E-state index contributed by atoms with van der Waals surface area (Å²) in [6.45, 7) is 0.652. The van der Waals surface area contributed by atoms with Gasteiger partial charge < -0.3 is 10.4 Å². The zero-order valence-electron chi connectivity index (χ0n) is 12.2. The van der Waals surface area contributed by atoms with E-state index in [1.54, 1.807) is 18.5 Å². The molecule has 0 spiro atoms. The number of aliphatic hydroxyl groups is 1. The lowest BCUT2D eigenvalue weighted by molar-refractivity contribution is 0.246. The van der Waals surface area contributed by atoms with Crippen LogP contribution in [0.5, 0.6) is 0 Å². The second-order valence-corrected chi connectivity index (χ2v) is 5.59. The van der Waals surface area contributed by atoms with Crippen LogP contribution >= 0.6 is 0 Å². The van der Waals surface area contributed by atoms with Gasteiger partial charge in [0.2, 0.25) is 0 Å². The van der Waals surface area contributed by atoms with Gasteiger partial charge in [-0.2, -0.15) is 0 Å². The lowest BCUT2D eigenvalue weighted by Gasteiger charge is -2.13. The molecule has 1 aliphatic rings. The van der Waals surface area contributed by atoms with Crippen molar-refractivity contribution in [2.75, 3.05) is 6.61 Å². The molecular weight excluding hydrogens is 279 g/mol. The molecular formula is C18H19FN2O. The summed E-state index contributed by atoms with van der Waals surface area (Å²) in [6.07, 6.45) is 8.33. The fraction of sp³-hybridized carbons (Fsp3) is 0.278. The van der Waals surface area contributed by atoms with E-state index in [0.717, 1.165) is 17.5 Å². The Morgan fingerprint density at radius 3 is 2.64 bits per heavy atom. The third kappa shape index (κ3) is 3.40. The minimum absolute atomic E-state index is 0.170. The van der Waals surface area contributed by atoms with Gasteiger partial charge in [0, 0.05) is 43.1 Å². The lowest BCUT2D eigenvalue weighted by Crippen LogP contribution is -2.26. The number of rotatable bonds is 5. The number of pyridine rings is 1. The van der Waals surface area contributed by atoms with E-state index in [4.69, 9.17) is 5.11 Å². The molecule has 0 radical (unpaired) electrons. The maximum absolute atomic E-state index is 14.2. The Balaban J connectivity index is 1.65. The third-order valence-corrected chi connectivity index (χ3v) is 4.03. The average molecular weight is 298 g/mol. The van der Waals surface area contributed by atoms with Crippen LogP contribution in [0.3, 0.4) is 0 Å².